The van der Waals surface area contributed by atoms with E-state index in [0.717, 1.165) is 38.5 Å². The molecule has 2 nitrogen and oxygen atoms in total. The Labute approximate surface area is 201 Å². The highest BCUT2D eigenvalue weighted by molar-refractivity contribution is 4.98. The Morgan fingerprint density at radius 3 is 1.41 bits per heavy atom. The molecule has 0 spiro atoms. The molecule has 0 bridgehead atoms. The first-order chi connectivity index (χ1) is 15.8. The molecule has 0 aromatic rings. The summed E-state index contributed by atoms with van der Waals surface area (Å²) in [4.78, 5) is 0. The second kappa shape index (κ2) is 12.2. The summed E-state index contributed by atoms with van der Waals surface area (Å²) in [7, 11) is 0. The second-order valence-corrected chi connectivity index (χ2v) is 10.8. The van der Waals surface area contributed by atoms with Gasteiger partial charge in [-0.25, -0.2) is 0 Å². The third-order valence-corrected chi connectivity index (χ3v) is 8.04. The van der Waals surface area contributed by atoms with Crippen molar-refractivity contribution in [3.05, 3.63) is 0 Å². The van der Waals surface area contributed by atoms with Crippen LogP contribution in [0, 0.1) is 5.92 Å². The summed E-state index contributed by atoms with van der Waals surface area (Å²) in [5, 5.41) is 0. The largest absolute Gasteiger partial charge is 0.417 e. The third-order valence-electron chi connectivity index (χ3n) is 8.04. The molecule has 0 N–H and O–H groups in total. The van der Waals surface area contributed by atoms with Gasteiger partial charge in [0.15, 0.2) is 17.0 Å². The predicted octanol–water partition coefficient (Wildman–Crippen LogP) is 9.65. The van der Waals surface area contributed by atoms with Crippen LogP contribution >= 0.6 is 0 Å². The molecule has 34 heavy (non-hydrogen) atoms. The van der Waals surface area contributed by atoms with Gasteiger partial charge in [-0.2, -0.15) is 26.3 Å². The minimum atomic E-state index is -4.67. The Hall–Kier alpha value is -0.500. The van der Waals surface area contributed by atoms with Crippen molar-refractivity contribution in [3.63, 3.8) is 0 Å². The van der Waals surface area contributed by atoms with E-state index < -0.39 is 35.3 Å². The fraction of sp³-hybridized carbons (Fsp3) is 1.00. The van der Waals surface area contributed by atoms with Gasteiger partial charge in [0.05, 0.1) is 0 Å². The zero-order valence-electron chi connectivity index (χ0n) is 21.2. The molecule has 2 aliphatic carbocycles. The summed E-state index contributed by atoms with van der Waals surface area (Å²) >= 11 is 0. The van der Waals surface area contributed by atoms with E-state index in [9.17, 15) is 26.3 Å². The van der Waals surface area contributed by atoms with Gasteiger partial charge in [0, 0.05) is 5.92 Å². The van der Waals surface area contributed by atoms with Gasteiger partial charge < -0.3 is 9.47 Å². The van der Waals surface area contributed by atoms with Crippen LogP contribution in [0.5, 0.6) is 0 Å². The van der Waals surface area contributed by atoms with Gasteiger partial charge in [0.25, 0.3) is 0 Å². The van der Waals surface area contributed by atoms with Crippen molar-refractivity contribution >= 4 is 0 Å². The van der Waals surface area contributed by atoms with Gasteiger partial charge in [0.2, 0.25) is 0 Å². The molecule has 0 amide bonds. The van der Waals surface area contributed by atoms with Gasteiger partial charge in [-0.3, -0.25) is 0 Å². The van der Waals surface area contributed by atoms with E-state index in [0.29, 0.717) is 44.9 Å². The molecule has 0 saturated heterocycles. The molecule has 202 valence electrons. The summed E-state index contributed by atoms with van der Waals surface area (Å²) in [6.45, 7) is 5.14. The molecular formula is C26H44F6O2. The van der Waals surface area contributed by atoms with Crippen LogP contribution in [0.4, 0.5) is 26.3 Å². The smallest absolute Gasteiger partial charge is 0.334 e. The van der Waals surface area contributed by atoms with Gasteiger partial charge in [-0.15, -0.1) is 0 Å². The lowest BCUT2D eigenvalue weighted by molar-refractivity contribution is -0.425. The fourth-order valence-electron chi connectivity index (χ4n) is 5.62. The number of unbranched alkanes of at least 4 members (excludes halogenated alkanes) is 5. The van der Waals surface area contributed by atoms with Crippen LogP contribution < -0.4 is 0 Å². The first-order valence-corrected chi connectivity index (χ1v) is 13.3. The maximum absolute atomic E-state index is 14.3. The Balaban J connectivity index is 2.31. The molecule has 0 aromatic heterocycles. The van der Waals surface area contributed by atoms with Gasteiger partial charge in [0.1, 0.15) is 0 Å². The monoisotopic (exact) mass is 502 g/mol. The molecule has 1 atom stereocenters. The van der Waals surface area contributed by atoms with E-state index in [4.69, 9.17) is 9.47 Å². The molecule has 0 aliphatic heterocycles. The standard InChI is InChI=1S/C26H44F6O2/c1-4-5-6-7-8-11-16-21(2)22(3,33-23(25(27,28)29)17-12-9-13-18-23)34-24(26(30,31)32)19-14-10-15-20-24/h21H,4-20H2,1-3H3. The summed E-state index contributed by atoms with van der Waals surface area (Å²) in [6, 6.07) is 0. The van der Waals surface area contributed by atoms with Crippen LogP contribution in [0.1, 0.15) is 130 Å². The summed E-state index contributed by atoms with van der Waals surface area (Å²) < 4.78 is 97.7. The van der Waals surface area contributed by atoms with Crippen LogP contribution in [-0.2, 0) is 9.47 Å². The van der Waals surface area contributed by atoms with Crippen LogP contribution in [0.2, 0.25) is 0 Å². The maximum atomic E-state index is 14.3. The van der Waals surface area contributed by atoms with E-state index in [1.807, 2.05) is 0 Å². The lowest BCUT2D eigenvalue weighted by Crippen LogP contribution is -2.61. The highest BCUT2D eigenvalue weighted by atomic mass is 19.4. The van der Waals surface area contributed by atoms with E-state index in [2.05, 4.69) is 6.92 Å². The van der Waals surface area contributed by atoms with E-state index >= 15 is 0 Å². The van der Waals surface area contributed by atoms with Crippen molar-refractivity contribution in [3.8, 4) is 0 Å². The van der Waals surface area contributed by atoms with Crippen LogP contribution in [0.15, 0.2) is 0 Å². The van der Waals surface area contributed by atoms with E-state index in [-0.39, 0.29) is 25.7 Å². The minimum absolute atomic E-state index is 0.238. The third kappa shape index (κ3) is 7.27. The summed E-state index contributed by atoms with van der Waals surface area (Å²) in [5.41, 5.74) is -4.92. The van der Waals surface area contributed by atoms with Gasteiger partial charge in [-0.05, 0) is 39.0 Å². The van der Waals surface area contributed by atoms with Crippen molar-refractivity contribution in [2.24, 2.45) is 5.92 Å². The average Bonchev–Trinajstić information content (AvgIpc) is 2.75. The Kier molecular flexibility index (Phi) is 10.6. The molecule has 0 aromatic carbocycles. The Morgan fingerprint density at radius 2 is 1.03 bits per heavy atom. The first kappa shape index (κ1) is 29.7. The zero-order chi connectivity index (χ0) is 25.5. The number of alkyl halides is 6. The molecule has 0 radical (unpaired) electrons. The molecule has 2 fully saturated rings. The minimum Gasteiger partial charge on any atom is -0.334 e. The zero-order valence-corrected chi connectivity index (χ0v) is 21.2. The molecule has 2 aliphatic rings. The Bertz CT molecular complexity index is 551. The van der Waals surface area contributed by atoms with E-state index in [1.165, 1.54) is 6.92 Å². The Morgan fingerprint density at radius 1 is 0.647 bits per heavy atom. The molecule has 8 heteroatoms. The SMILES string of the molecule is CCCCCCCCC(C)C(C)(OC1(C(F)(F)F)CCCCC1)OC1(C(F)(F)F)CCCCC1. The van der Waals surface area contributed by atoms with Gasteiger partial charge in [-0.1, -0.05) is 90.9 Å². The van der Waals surface area contributed by atoms with Gasteiger partial charge >= 0.3 is 12.4 Å². The fourth-order valence-corrected chi connectivity index (χ4v) is 5.62. The van der Waals surface area contributed by atoms with Crippen molar-refractivity contribution in [1.82, 2.24) is 0 Å². The first-order valence-electron chi connectivity index (χ1n) is 13.3. The van der Waals surface area contributed by atoms with Crippen LogP contribution in [-0.4, -0.2) is 29.3 Å². The normalized spacial score (nSPS) is 22.5. The number of hydrogen-bond donors (Lipinski definition) is 0. The lowest BCUT2D eigenvalue weighted by Gasteiger charge is -2.51. The summed E-state index contributed by atoms with van der Waals surface area (Å²) in [6.07, 6.45) is -1.19. The second-order valence-electron chi connectivity index (χ2n) is 10.8. The molecule has 2 saturated carbocycles. The number of hydrogen-bond acceptors (Lipinski definition) is 2. The molecule has 0 heterocycles. The topological polar surface area (TPSA) is 18.5 Å². The molecule has 2 rings (SSSR count). The number of rotatable bonds is 12. The van der Waals surface area contributed by atoms with E-state index in [1.54, 1.807) is 6.92 Å². The van der Waals surface area contributed by atoms with Crippen molar-refractivity contribution in [1.29, 1.82) is 0 Å². The van der Waals surface area contributed by atoms with Crippen LogP contribution in [0.3, 0.4) is 0 Å². The molecular weight excluding hydrogens is 458 g/mol. The quantitative estimate of drug-likeness (QED) is 0.150. The average molecular weight is 503 g/mol. The predicted molar refractivity (Wildman–Crippen MR) is 121 cm³/mol. The number of ether oxygens (including phenoxy) is 2. The lowest BCUT2D eigenvalue weighted by atomic mass is 9.81. The van der Waals surface area contributed by atoms with Crippen LogP contribution in [0.25, 0.3) is 0 Å². The summed E-state index contributed by atoms with van der Waals surface area (Å²) in [5.74, 6) is -2.59. The van der Waals surface area contributed by atoms with Crippen molar-refractivity contribution < 1.29 is 35.8 Å². The van der Waals surface area contributed by atoms with Crippen molar-refractivity contribution in [2.75, 3.05) is 0 Å². The highest BCUT2D eigenvalue weighted by Gasteiger charge is 2.64. The maximum Gasteiger partial charge on any atom is 0.417 e. The molecule has 1 unspecified atom stereocenters. The highest BCUT2D eigenvalue weighted by Crippen LogP contribution is 2.52. The van der Waals surface area contributed by atoms with Crippen molar-refractivity contribution in [2.45, 2.75) is 159 Å². The number of halogens is 6.